The van der Waals surface area contributed by atoms with Gasteiger partial charge in [-0.05, 0) is 37.6 Å². The normalized spacial score (nSPS) is 12.2. The quantitative estimate of drug-likeness (QED) is 0.865. The molecule has 0 fully saturated rings. The summed E-state index contributed by atoms with van der Waals surface area (Å²) in [4.78, 5) is 0. The molecule has 0 amide bonds. The first-order valence-corrected chi connectivity index (χ1v) is 5.76. The van der Waals surface area contributed by atoms with Crippen molar-refractivity contribution in [3.63, 3.8) is 0 Å². The molecule has 2 nitrogen and oxygen atoms in total. The van der Waals surface area contributed by atoms with Crippen LogP contribution >= 0.6 is 0 Å². The van der Waals surface area contributed by atoms with E-state index in [9.17, 15) is 0 Å². The lowest BCUT2D eigenvalue weighted by Crippen LogP contribution is -2.06. The molecule has 0 heterocycles. The lowest BCUT2D eigenvalue weighted by molar-refractivity contribution is 0.472. The van der Waals surface area contributed by atoms with Gasteiger partial charge in [-0.2, -0.15) is 0 Å². The van der Waals surface area contributed by atoms with Crippen LogP contribution in [0, 0.1) is 6.92 Å². The SMILES string of the molecule is Cc1cccc(Oc2ccccc2[C@H](C)N)c1. The predicted octanol–water partition coefficient (Wildman–Crippen LogP) is 3.81. The molecule has 0 radical (unpaired) electrons. The van der Waals surface area contributed by atoms with E-state index in [1.807, 2.05) is 62.4 Å². The van der Waals surface area contributed by atoms with Gasteiger partial charge in [0, 0.05) is 11.6 Å². The third kappa shape index (κ3) is 2.86. The summed E-state index contributed by atoms with van der Waals surface area (Å²) in [6.45, 7) is 4.00. The monoisotopic (exact) mass is 227 g/mol. The third-order valence-corrected chi connectivity index (χ3v) is 2.63. The molecule has 2 rings (SSSR count). The van der Waals surface area contributed by atoms with E-state index < -0.39 is 0 Å². The molecule has 0 aromatic heterocycles. The second kappa shape index (κ2) is 5.02. The van der Waals surface area contributed by atoms with E-state index in [0.717, 1.165) is 17.1 Å². The molecular weight excluding hydrogens is 210 g/mol. The summed E-state index contributed by atoms with van der Waals surface area (Å²) in [5.41, 5.74) is 8.12. The molecule has 2 aromatic rings. The van der Waals surface area contributed by atoms with Crippen molar-refractivity contribution in [1.82, 2.24) is 0 Å². The third-order valence-electron chi connectivity index (χ3n) is 2.63. The molecule has 2 N–H and O–H groups in total. The Morgan fingerprint density at radius 2 is 1.82 bits per heavy atom. The van der Waals surface area contributed by atoms with Gasteiger partial charge in [0.2, 0.25) is 0 Å². The zero-order chi connectivity index (χ0) is 12.3. The number of rotatable bonds is 3. The van der Waals surface area contributed by atoms with Gasteiger partial charge >= 0.3 is 0 Å². The van der Waals surface area contributed by atoms with Crippen LogP contribution in [0.2, 0.25) is 0 Å². The second-order valence-electron chi connectivity index (χ2n) is 4.25. The molecule has 0 aliphatic heterocycles. The molecule has 1 atom stereocenters. The Morgan fingerprint density at radius 3 is 2.53 bits per heavy atom. The van der Waals surface area contributed by atoms with Gasteiger partial charge in [0.25, 0.3) is 0 Å². The maximum Gasteiger partial charge on any atom is 0.132 e. The largest absolute Gasteiger partial charge is 0.457 e. The molecule has 0 aliphatic rings. The first-order chi connectivity index (χ1) is 8.16. The first-order valence-electron chi connectivity index (χ1n) is 5.76. The highest BCUT2D eigenvalue weighted by Gasteiger charge is 2.07. The molecule has 2 aromatic carbocycles. The molecule has 0 aliphatic carbocycles. The van der Waals surface area contributed by atoms with Crippen LogP contribution in [0.3, 0.4) is 0 Å². The van der Waals surface area contributed by atoms with E-state index in [-0.39, 0.29) is 6.04 Å². The summed E-state index contributed by atoms with van der Waals surface area (Å²) >= 11 is 0. The minimum atomic E-state index is -0.0315. The van der Waals surface area contributed by atoms with Gasteiger partial charge in [0.15, 0.2) is 0 Å². The zero-order valence-electron chi connectivity index (χ0n) is 10.2. The van der Waals surface area contributed by atoms with Crippen LogP contribution in [-0.4, -0.2) is 0 Å². The molecular formula is C15H17NO. The minimum Gasteiger partial charge on any atom is -0.457 e. The Bertz CT molecular complexity index is 506. The van der Waals surface area contributed by atoms with E-state index in [0.29, 0.717) is 0 Å². The van der Waals surface area contributed by atoms with Crippen molar-refractivity contribution in [1.29, 1.82) is 0 Å². The maximum absolute atomic E-state index is 5.92. The van der Waals surface area contributed by atoms with Crippen molar-refractivity contribution in [2.45, 2.75) is 19.9 Å². The van der Waals surface area contributed by atoms with Crippen LogP contribution in [0.5, 0.6) is 11.5 Å². The minimum absolute atomic E-state index is 0.0315. The van der Waals surface area contributed by atoms with Gasteiger partial charge in [0.1, 0.15) is 11.5 Å². The fourth-order valence-corrected chi connectivity index (χ4v) is 1.76. The van der Waals surface area contributed by atoms with E-state index in [1.54, 1.807) is 0 Å². The fraction of sp³-hybridized carbons (Fsp3) is 0.200. The molecule has 0 saturated carbocycles. The molecule has 0 spiro atoms. The highest BCUT2D eigenvalue weighted by atomic mass is 16.5. The summed E-state index contributed by atoms with van der Waals surface area (Å²) in [7, 11) is 0. The molecule has 0 bridgehead atoms. The highest BCUT2D eigenvalue weighted by molar-refractivity contribution is 5.40. The van der Waals surface area contributed by atoms with Crippen LogP contribution in [0.15, 0.2) is 48.5 Å². The van der Waals surface area contributed by atoms with Gasteiger partial charge in [0.05, 0.1) is 0 Å². The Morgan fingerprint density at radius 1 is 1.06 bits per heavy atom. The number of para-hydroxylation sites is 1. The van der Waals surface area contributed by atoms with Crippen LogP contribution in [0.4, 0.5) is 0 Å². The Hall–Kier alpha value is -1.80. The van der Waals surface area contributed by atoms with E-state index in [4.69, 9.17) is 10.5 Å². The van der Waals surface area contributed by atoms with Crippen molar-refractivity contribution in [3.8, 4) is 11.5 Å². The Labute approximate surface area is 102 Å². The Kier molecular flexibility index (Phi) is 3.45. The van der Waals surface area contributed by atoms with Crippen molar-refractivity contribution in [2.75, 3.05) is 0 Å². The van der Waals surface area contributed by atoms with Gasteiger partial charge in [-0.3, -0.25) is 0 Å². The lowest BCUT2D eigenvalue weighted by atomic mass is 10.1. The Balaban J connectivity index is 2.30. The van der Waals surface area contributed by atoms with Gasteiger partial charge in [-0.1, -0.05) is 30.3 Å². The zero-order valence-corrected chi connectivity index (χ0v) is 10.2. The number of benzene rings is 2. The van der Waals surface area contributed by atoms with Crippen LogP contribution < -0.4 is 10.5 Å². The second-order valence-corrected chi connectivity index (χ2v) is 4.25. The van der Waals surface area contributed by atoms with Gasteiger partial charge in [-0.25, -0.2) is 0 Å². The van der Waals surface area contributed by atoms with Crippen LogP contribution in [-0.2, 0) is 0 Å². The molecule has 0 unspecified atom stereocenters. The van der Waals surface area contributed by atoms with E-state index in [1.165, 1.54) is 5.56 Å². The number of hydrogen-bond acceptors (Lipinski definition) is 2. The standard InChI is InChI=1S/C15H17NO/c1-11-6-5-7-13(10-11)17-15-9-4-3-8-14(15)12(2)16/h3-10,12H,16H2,1-2H3/t12-/m0/s1. The van der Waals surface area contributed by atoms with Crippen molar-refractivity contribution < 1.29 is 4.74 Å². The predicted molar refractivity (Wildman–Crippen MR) is 70.3 cm³/mol. The fourth-order valence-electron chi connectivity index (χ4n) is 1.76. The summed E-state index contributed by atoms with van der Waals surface area (Å²) in [6.07, 6.45) is 0. The number of nitrogens with two attached hydrogens (primary N) is 1. The average molecular weight is 227 g/mol. The molecule has 17 heavy (non-hydrogen) atoms. The summed E-state index contributed by atoms with van der Waals surface area (Å²) in [5, 5.41) is 0. The van der Waals surface area contributed by atoms with E-state index >= 15 is 0 Å². The number of ether oxygens (including phenoxy) is 1. The smallest absolute Gasteiger partial charge is 0.132 e. The number of aryl methyl sites for hydroxylation is 1. The summed E-state index contributed by atoms with van der Waals surface area (Å²) < 4.78 is 5.87. The van der Waals surface area contributed by atoms with E-state index in [2.05, 4.69) is 0 Å². The van der Waals surface area contributed by atoms with Crippen LogP contribution in [0.25, 0.3) is 0 Å². The van der Waals surface area contributed by atoms with Gasteiger partial charge < -0.3 is 10.5 Å². The first kappa shape index (κ1) is 11.7. The molecule has 2 heteroatoms. The van der Waals surface area contributed by atoms with Crippen molar-refractivity contribution in [2.24, 2.45) is 5.73 Å². The average Bonchev–Trinajstić information content (AvgIpc) is 2.29. The van der Waals surface area contributed by atoms with Crippen LogP contribution in [0.1, 0.15) is 24.1 Å². The van der Waals surface area contributed by atoms with Crippen molar-refractivity contribution >= 4 is 0 Å². The van der Waals surface area contributed by atoms with Gasteiger partial charge in [-0.15, -0.1) is 0 Å². The number of hydrogen-bond donors (Lipinski definition) is 1. The molecule has 0 saturated heterocycles. The summed E-state index contributed by atoms with van der Waals surface area (Å²) in [6, 6.07) is 15.8. The summed E-state index contributed by atoms with van der Waals surface area (Å²) in [5.74, 6) is 1.67. The molecule has 88 valence electrons. The van der Waals surface area contributed by atoms with Crippen molar-refractivity contribution in [3.05, 3.63) is 59.7 Å². The highest BCUT2D eigenvalue weighted by Crippen LogP contribution is 2.28. The maximum atomic E-state index is 5.92. The topological polar surface area (TPSA) is 35.2 Å². The lowest BCUT2D eigenvalue weighted by Gasteiger charge is -2.13.